The summed E-state index contributed by atoms with van der Waals surface area (Å²) < 4.78 is 21.1. The number of methoxy groups -OCH3 is 1. The molecule has 1 rings (SSSR count). The molecular formula is C16H24O5. The zero-order valence-electron chi connectivity index (χ0n) is 13.2. The fraction of sp³-hybridized carbons (Fsp3) is 0.562. The minimum Gasteiger partial charge on any atom is -0.493 e. The highest BCUT2D eigenvalue weighted by atomic mass is 16.7. The predicted molar refractivity (Wildman–Crippen MR) is 80.0 cm³/mol. The van der Waals surface area contributed by atoms with Crippen molar-refractivity contribution in [1.82, 2.24) is 0 Å². The Morgan fingerprint density at radius 3 is 2.57 bits per heavy atom. The molecule has 1 aromatic carbocycles. The number of ether oxygens (including phenoxy) is 4. The second-order valence-corrected chi connectivity index (χ2v) is 4.59. The molecule has 0 heterocycles. The quantitative estimate of drug-likeness (QED) is 0.397. The Balaban J connectivity index is 3.02. The van der Waals surface area contributed by atoms with E-state index < -0.39 is 5.97 Å². The van der Waals surface area contributed by atoms with Crippen LogP contribution >= 0.6 is 0 Å². The number of hydrogen-bond donors (Lipinski definition) is 0. The molecule has 0 aliphatic carbocycles. The third-order valence-electron chi connectivity index (χ3n) is 2.85. The van der Waals surface area contributed by atoms with Crippen molar-refractivity contribution in [3.8, 4) is 11.5 Å². The molecule has 0 saturated heterocycles. The first kappa shape index (κ1) is 17.3. The summed E-state index contributed by atoms with van der Waals surface area (Å²) in [5, 5.41) is 0. The number of rotatable bonds is 9. The highest BCUT2D eigenvalue weighted by Crippen LogP contribution is 2.29. The van der Waals surface area contributed by atoms with Gasteiger partial charge in [-0.2, -0.15) is 0 Å². The van der Waals surface area contributed by atoms with Crippen molar-refractivity contribution in [2.45, 2.75) is 33.6 Å². The number of carbonyl (C=O) groups excluding carboxylic acids is 1. The lowest BCUT2D eigenvalue weighted by Crippen LogP contribution is -2.11. The van der Waals surface area contributed by atoms with Gasteiger partial charge in [-0.05, 0) is 31.9 Å². The van der Waals surface area contributed by atoms with Crippen LogP contribution in [0.25, 0.3) is 0 Å². The van der Waals surface area contributed by atoms with Crippen molar-refractivity contribution in [3.05, 3.63) is 23.3 Å². The lowest BCUT2D eigenvalue weighted by molar-refractivity contribution is 0.0436. The van der Waals surface area contributed by atoms with Gasteiger partial charge in [0.1, 0.15) is 17.1 Å². The first-order valence-corrected chi connectivity index (χ1v) is 7.20. The van der Waals surface area contributed by atoms with Gasteiger partial charge in [0.05, 0.1) is 13.2 Å². The van der Waals surface area contributed by atoms with Gasteiger partial charge in [-0.25, -0.2) is 4.79 Å². The Hall–Kier alpha value is -1.75. The van der Waals surface area contributed by atoms with Crippen LogP contribution in [0.5, 0.6) is 11.5 Å². The van der Waals surface area contributed by atoms with Crippen LogP contribution in [-0.2, 0) is 9.47 Å². The number of benzene rings is 1. The highest BCUT2D eigenvalue weighted by molar-refractivity contribution is 5.94. The molecule has 0 unspecified atom stereocenters. The molecular weight excluding hydrogens is 272 g/mol. The van der Waals surface area contributed by atoms with Crippen LogP contribution < -0.4 is 9.47 Å². The van der Waals surface area contributed by atoms with Gasteiger partial charge in [-0.15, -0.1) is 0 Å². The number of carbonyl (C=O) groups is 1. The molecule has 0 atom stereocenters. The van der Waals surface area contributed by atoms with Crippen LogP contribution in [0.1, 0.15) is 42.6 Å². The molecule has 0 radical (unpaired) electrons. The summed E-state index contributed by atoms with van der Waals surface area (Å²) in [5.74, 6) is 0.697. The van der Waals surface area contributed by atoms with Gasteiger partial charge in [0.15, 0.2) is 6.79 Å². The van der Waals surface area contributed by atoms with Crippen LogP contribution in [0, 0.1) is 6.92 Å². The Kier molecular flexibility index (Phi) is 7.61. The van der Waals surface area contributed by atoms with E-state index >= 15 is 0 Å². The molecule has 5 nitrogen and oxygen atoms in total. The lowest BCUT2D eigenvalue weighted by atomic mass is 10.1. The molecule has 0 aliphatic heterocycles. The van der Waals surface area contributed by atoms with Gasteiger partial charge in [0.2, 0.25) is 0 Å². The van der Waals surface area contributed by atoms with E-state index in [1.165, 1.54) is 7.11 Å². The third kappa shape index (κ3) is 5.27. The smallest absolute Gasteiger partial charge is 0.342 e. The summed E-state index contributed by atoms with van der Waals surface area (Å²) in [6.07, 6.45) is 2.04. The van der Waals surface area contributed by atoms with Crippen molar-refractivity contribution in [3.63, 3.8) is 0 Å². The summed E-state index contributed by atoms with van der Waals surface area (Å²) in [5.41, 5.74) is 1.17. The van der Waals surface area contributed by atoms with Crippen molar-refractivity contribution >= 4 is 5.97 Å². The summed E-state index contributed by atoms with van der Waals surface area (Å²) in [6, 6.07) is 3.52. The van der Waals surface area contributed by atoms with Crippen molar-refractivity contribution in [2.24, 2.45) is 0 Å². The Labute approximate surface area is 126 Å². The minimum atomic E-state index is -0.402. The van der Waals surface area contributed by atoms with E-state index in [1.54, 1.807) is 13.0 Å². The maximum absolute atomic E-state index is 12.0. The van der Waals surface area contributed by atoms with Gasteiger partial charge in [-0.3, -0.25) is 0 Å². The fourth-order valence-electron chi connectivity index (χ4n) is 1.84. The Morgan fingerprint density at radius 2 is 1.95 bits per heavy atom. The molecule has 0 amide bonds. The van der Waals surface area contributed by atoms with Crippen molar-refractivity contribution < 1.29 is 23.7 Å². The van der Waals surface area contributed by atoms with Gasteiger partial charge >= 0.3 is 5.97 Å². The van der Waals surface area contributed by atoms with Gasteiger partial charge in [-0.1, -0.05) is 13.3 Å². The second-order valence-electron chi connectivity index (χ2n) is 4.59. The average molecular weight is 296 g/mol. The number of hydrogen-bond acceptors (Lipinski definition) is 5. The maximum atomic E-state index is 12.0. The van der Waals surface area contributed by atoms with Gasteiger partial charge < -0.3 is 18.9 Å². The van der Waals surface area contributed by atoms with E-state index in [1.807, 2.05) is 13.0 Å². The van der Waals surface area contributed by atoms with Gasteiger partial charge in [0.25, 0.3) is 0 Å². The highest BCUT2D eigenvalue weighted by Gasteiger charge is 2.19. The summed E-state index contributed by atoms with van der Waals surface area (Å²) in [6.45, 7) is 6.72. The van der Waals surface area contributed by atoms with E-state index in [0.29, 0.717) is 30.3 Å². The number of esters is 1. The fourth-order valence-corrected chi connectivity index (χ4v) is 1.84. The molecule has 21 heavy (non-hydrogen) atoms. The van der Waals surface area contributed by atoms with Gasteiger partial charge in [0, 0.05) is 13.2 Å². The summed E-state index contributed by atoms with van der Waals surface area (Å²) >= 11 is 0. The number of unbranched alkanes of at least 4 members (excludes halogenated alkanes) is 1. The second kappa shape index (κ2) is 9.23. The molecule has 118 valence electrons. The first-order valence-electron chi connectivity index (χ1n) is 7.20. The minimum absolute atomic E-state index is 0.0598. The lowest BCUT2D eigenvalue weighted by Gasteiger charge is -2.15. The normalized spacial score (nSPS) is 10.3. The topological polar surface area (TPSA) is 54.0 Å². The standard InChI is InChI=1S/C16H24O5/c1-5-7-8-20-13-9-12(3)15(16(17)19-6-2)14(10-13)21-11-18-4/h9-10H,5-8,11H2,1-4H3. The molecule has 0 spiro atoms. The zero-order valence-corrected chi connectivity index (χ0v) is 13.2. The average Bonchev–Trinajstić information content (AvgIpc) is 2.45. The zero-order chi connectivity index (χ0) is 15.7. The molecule has 0 aromatic heterocycles. The molecule has 0 aliphatic rings. The largest absolute Gasteiger partial charge is 0.493 e. The van der Waals surface area contributed by atoms with Crippen LogP contribution in [0.15, 0.2) is 12.1 Å². The molecule has 1 aromatic rings. The van der Waals surface area contributed by atoms with E-state index in [2.05, 4.69) is 6.92 Å². The molecule has 0 fully saturated rings. The maximum Gasteiger partial charge on any atom is 0.342 e. The van der Waals surface area contributed by atoms with Crippen LogP contribution in [0.2, 0.25) is 0 Å². The molecule has 0 N–H and O–H groups in total. The summed E-state index contributed by atoms with van der Waals surface area (Å²) in [4.78, 5) is 12.0. The number of aryl methyl sites for hydroxylation is 1. The first-order chi connectivity index (χ1) is 10.1. The van der Waals surface area contributed by atoms with E-state index in [-0.39, 0.29) is 6.79 Å². The molecule has 5 heteroatoms. The van der Waals surface area contributed by atoms with Crippen molar-refractivity contribution in [2.75, 3.05) is 27.1 Å². The van der Waals surface area contributed by atoms with E-state index in [9.17, 15) is 4.79 Å². The predicted octanol–water partition coefficient (Wildman–Crippen LogP) is 3.33. The van der Waals surface area contributed by atoms with Crippen LogP contribution in [-0.4, -0.2) is 33.1 Å². The van der Waals surface area contributed by atoms with Crippen LogP contribution in [0.3, 0.4) is 0 Å². The van der Waals surface area contributed by atoms with Crippen molar-refractivity contribution in [1.29, 1.82) is 0 Å². The van der Waals surface area contributed by atoms with E-state index in [0.717, 1.165) is 18.4 Å². The van der Waals surface area contributed by atoms with E-state index in [4.69, 9.17) is 18.9 Å². The summed E-state index contributed by atoms with van der Waals surface area (Å²) in [7, 11) is 1.53. The molecule has 0 bridgehead atoms. The van der Waals surface area contributed by atoms with Crippen LogP contribution in [0.4, 0.5) is 0 Å². The molecule has 0 saturated carbocycles. The Morgan fingerprint density at radius 1 is 1.19 bits per heavy atom. The third-order valence-corrected chi connectivity index (χ3v) is 2.85. The Bertz CT molecular complexity index is 456. The monoisotopic (exact) mass is 296 g/mol. The SMILES string of the molecule is CCCCOc1cc(C)c(C(=O)OCC)c(OCOC)c1.